The smallest absolute Gasteiger partial charge is 0.121 e. The lowest BCUT2D eigenvalue weighted by Crippen LogP contribution is -2.28. The van der Waals surface area contributed by atoms with Gasteiger partial charge in [-0.15, -0.1) is 0 Å². The summed E-state index contributed by atoms with van der Waals surface area (Å²) in [7, 11) is 3.76. The van der Waals surface area contributed by atoms with Crippen LogP contribution in [0.5, 0.6) is 5.75 Å². The number of nitrogens with one attached hydrogen (secondary N) is 2. The van der Waals surface area contributed by atoms with Crippen molar-refractivity contribution >= 4 is 0 Å². The van der Waals surface area contributed by atoms with Gasteiger partial charge in [-0.05, 0) is 57.0 Å². The van der Waals surface area contributed by atoms with Crippen molar-refractivity contribution in [1.82, 2.24) is 10.6 Å². The Kier molecular flexibility index (Phi) is 4.61. The highest BCUT2D eigenvalue weighted by molar-refractivity contribution is 5.37. The van der Waals surface area contributed by atoms with Gasteiger partial charge in [0.15, 0.2) is 0 Å². The van der Waals surface area contributed by atoms with Crippen molar-refractivity contribution < 1.29 is 4.74 Å². The Bertz CT molecular complexity index is 386. The first-order chi connectivity index (χ1) is 8.74. The normalized spacial score (nSPS) is 20.9. The molecule has 2 rings (SSSR count). The Morgan fingerprint density at radius 1 is 1.50 bits per heavy atom. The molecule has 0 bridgehead atoms. The van der Waals surface area contributed by atoms with Crippen molar-refractivity contribution in [3.63, 3.8) is 0 Å². The second-order valence-corrected chi connectivity index (χ2v) is 5.10. The van der Waals surface area contributed by atoms with E-state index < -0.39 is 0 Å². The minimum atomic E-state index is 0.421. The number of aryl methyl sites for hydroxylation is 1. The molecule has 0 spiro atoms. The standard InChI is InChI=1S/C15H24N2O/c1-11-9-12(6-7-15(11)18-3)14(16-2)10-13-5-4-8-17-13/h6-7,9,13-14,16-17H,4-5,8,10H2,1-3H3. The highest BCUT2D eigenvalue weighted by atomic mass is 16.5. The van der Waals surface area contributed by atoms with E-state index in [-0.39, 0.29) is 0 Å². The molecule has 0 amide bonds. The lowest BCUT2D eigenvalue weighted by molar-refractivity contribution is 0.410. The maximum Gasteiger partial charge on any atom is 0.121 e. The minimum absolute atomic E-state index is 0.421. The molecule has 1 aromatic rings. The van der Waals surface area contributed by atoms with Gasteiger partial charge in [-0.1, -0.05) is 12.1 Å². The van der Waals surface area contributed by atoms with Gasteiger partial charge >= 0.3 is 0 Å². The van der Waals surface area contributed by atoms with E-state index in [1.54, 1.807) is 7.11 Å². The molecular weight excluding hydrogens is 224 g/mol. The van der Waals surface area contributed by atoms with Crippen LogP contribution in [0.4, 0.5) is 0 Å². The van der Waals surface area contributed by atoms with Crippen molar-refractivity contribution in [3.05, 3.63) is 29.3 Å². The van der Waals surface area contributed by atoms with Crippen LogP contribution in [0.3, 0.4) is 0 Å². The van der Waals surface area contributed by atoms with Crippen molar-refractivity contribution in [2.24, 2.45) is 0 Å². The molecule has 18 heavy (non-hydrogen) atoms. The van der Waals surface area contributed by atoms with E-state index in [2.05, 4.69) is 35.8 Å². The van der Waals surface area contributed by atoms with Crippen molar-refractivity contribution in [1.29, 1.82) is 0 Å². The lowest BCUT2D eigenvalue weighted by atomic mass is 9.97. The largest absolute Gasteiger partial charge is 0.496 e. The molecule has 2 atom stereocenters. The summed E-state index contributed by atoms with van der Waals surface area (Å²) in [5.74, 6) is 0.965. The molecule has 3 nitrogen and oxygen atoms in total. The lowest BCUT2D eigenvalue weighted by Gasteiger charge is -2.21. The molecule has 0 saturated carbocycles. The van der Waals surface area contributed by atoms with Crippen LogP contribution in [0, 0.1) is 6.92 Å². The van der Waals surface area contributed by atoms with Gasteiger partial charge in [-0.2, -0.15) is 0 Å². The third-order valence-electron chi connectivity index (χ3n) is 3.85. The molecule has 2 N–H and O–H groups in total. The number of benzene rings is 1. The van der Waals surface area contributed by atoms with Crippen LogP contribution in [0.2, 0.25) is 0 Å². The highest BCUT2D eigenvalue weighted by Crippen LogP contribution is 2.26. The maximum absolute atomic E-state index is 5.31. The predicted octanol–water partition coefficient (Wildman–Crippen LogP) is 2.41. The van der Waals surface area contributed by atoms with E-state index in [1.165, 1.54) is 30.5 Å². The summed E-state index contributed by atoms with van der Waals surface area (Å²) < 4.78 is 5.31. The molecule has 100 valence electrons. The quantitative estimate of drug-likeness (QED) is 0.839. The van der Waals surface area contributed by atoms with Gasteiger partial charge in [0.2, 0.25) is 0 Å². The third kappa shape index (κ3) is 3.03. The first kappa shape index (κ1) is 13.4. The molecule has 1 fully saturated rings. The molecule has 1 aliphatic rings. The van der Waals surface area contributed by atoms with Crippen LogP contribution in [0.25, 0.3) is 0 Å². The molecular formula is C15H24N2O. The van der Waals surface area contributed by atoms with Crippen LogP contribution < -0.4 is 15.4 Å². The Hall–Kier alpha value is -1.06. The van der Waals surface area contributed by atoms with Crippen LogP contribution >= 0.6 is 0 Å². The second kappa shape index (κ2) is 6.21. The summed E-state index contributed by atoms with van der Waals surface area (Å²) in [6.07, 6.45) is 3.76. The molecule has 1 saturated heterocycles. The first-order valence-electron chi connectivity index (χ1n) is 6.79. The fourth-order valence-corrected chi connectivity index (χ4v) is 2.78. The Labute approximate surface area is 110 Å². The van der Waals surface area contributed by atoms with E-state index in [4.69, 9.17) is 4.74 Å². The summed E-state index contributed by atoms with van der Waals surface area (Å²) in [6, 6.07) is 7.55. The van der Waals surface area contributed by atoms with Crippen LogP contribution in [-0.2, 0) is 0 Å². The molecule has 1 aliphatic heterocycles. The predicted molar refractivity (Wildman–Crippen MR) is 75.2 cm³/mol. The molecule has 0 radical (unpaired) electrons. The molecule has 0 aromatic heterocycles. The SMILES string of the molecule is CNC(CC1CCCN1)c1ccc(OC)c(C)c1. The Balaban J connectivity index is 2.08. The third-order valence-corrected chi connectivity index (χ3v) is 3.85. The van der Waals surface area contributed by atoms with Crippen LogP contribution in [0.1, 0.15) is 36.4 Å². The minimum Gasteiger partial charge on any atom is -0.496 e. The van der Waals surface area contributed by atoms with Gasteiger partial charge in [0.1, 0.15) is 5.75 Å². The zero-order valence-electron chi connectivity index (χ0n) is 11.6. The average Bonchev–Trinajstić information content (AvgIpc) is 2.88. The van der Waals surface area contributed by atoms with Crippen molar-refractivity contribution in [2.45, 2.75) is 38.3 Å². The average molecular weight is 248 g/mol. The summed E-state index contributed by atoms with van der Waals surface area (Å²) in [4.78, 5) is 0. The van der Waals surface area contributed by atoms with Crippen molar-refractivity contribution in [2.75, 3.05) is 20.7 Å². The summed E-state index contributed by atoms with van der Waals surface area (Å²) in [5, 5.41) is 6.99. The summed E-state index contributed by atoms with van der Waals surface area (Å²) in [6.45, 7) is 3.27. The molecule has 2 unspecified atom stereocenters. The topological polar surface area (TPSA) is 33.3 Å². The van der Waals surface area contributed by atoms with Gasteiger partial charge in [0, 0.05) is 12.1 Å². The zero-order chi connectivity index (χ0) is 13.0. The van der Waals surface area contributed by atoms with E-state index >= 15 is 0 Å². The van der Waals surface area contributed by atoms with Gasteiger partial charge in [-0.3, -0.25) is 0 Å². The van der Waals surface area contributed by atoms with E-state index in [0.29, 0.717) is 12.1 Å². The highest BCUT2D eigenvalue weighted by Gasteiger charge is 2.20. The molecule has 1 heterocycles. The van der Waals surface area contributed by atoms with Crippen LogP contribution in [0.15, 0.2) is 18.2 Å². The summed E-state index contributed by atoms with van der Waals surface area (Å²) in [5.41, 5.74) is 2.55. The van der Waals surface area contributed by atoms with E-state index in [9.17, 15) is 0 Å². The number of rotatable bonds is 5. The molecule has 3 heteroatoms. The van der Waals surface area contributed by atoms with Crippen LogP contribution in [-0.4, -0.2) is 26.7 Å². The number of ether oxygens (including phenoxy) is 1. The van der Waals surface area contributed by atoms with Crippen molar-refractivity contribution in [3.8, 4) is 5.75 Å². The zero-order valence-corrected chi connectivity index (χ0v) is 11.6. The Morgan fingerprint density at radius 2 is 2.33 bits per heavy atom. The van der Waals surface area contributed by atoms with E-state index in [1.807, 2.05) is 7.05 Å². The first-order valence-corrected chi connectivity index (χ1v) is 6.79. The molecule has 0 aliphatic carbocycles. The second-order valence-electron chi connectivity index (χ2n) is 5.10. The number of methoxy groups -OCH3 is 1. The summed E-state index contributed by atoms with van der Waals surface area (Å²) >= 11 is 0. The van der Waals surface area contributed by atoms with Gasteiger partial charge in [0.25, 0.3) is 0 Å². The fourth-order valence-electron chi connectivity index (χ4n) is 2.78. The monoisotopic (exact) mass is 248 g/mol. The number of hydrogen-bond acceptors (Lipinski definition) is 3. The fraction of sp³-hybridized carbons (Fsp3) is 0.600. The van der Waals surface area contributed by atoms with Gasteiger partial charge in [0.05, 0.1) is 7.11 Å². The maximum atomic E-state index is 5.31. The van der Waals surface area contributed by atoms with Gasteiger partial charge in [-0.25, -0.2) is 0 Å². The Morgan fingerprint density at radius 3 is 2.89 bits per heavy atom. The van der Waals surface area contributed by atoms with E-state index in [0.717, 1.165) is 12.2 Å². The van der Waals surface area contributed by atoms with Gasteiger partial charge < -0.3 is 15.4 Å². The number of hydrogen-bond donors (Lipinski definition) is 2. The molecule has 1 aromatic carbocycles.